The predicted octanol–water partition coefficient (Wildman–Crippen LogP) is 4.47. The molecule has 2 unspecified atom stereocenters. The molecule has 2 atom stereocenters. The number of anilines is 1. The van der Waals surface area contributed by atoms with Crippen LogP contribution in [0.2, 0.25) is 0 Å². The zero-order chi connectivity index (χ0) is 13.1. The first-order valence-electron chi connectivity index (χ1n) is 7.35. The number of rotatable bonds is 4. The second-order valence-corrected chi connectivity index (χ2v) is 5.57. The van der Waals surface area contributed by atoms with Crippen LogP contribution < -0.4 is 5.32 Å². The first-order chi connectivity index (χ1) is 9.35. The molecule has 1 heterocycles. The molecule has 1 aromatic heterocycles. The van der Waals surface area contributed by atoms with Gasteiger partial charge in [-0.3, -0.25) is 0 Å². The molecule has 1 aliphatic carbocycles. The molecule has 0 radical (unpaired) electrons. The normalized spacial score (nSPS) is 22.6. The first-order valence-corrected chi connectivity index (χ1v) is 7.35. The van der Waals surface area contributed by atoms with Crippen molar-refractivity contribution < 1.29 is 0 Å². The van der Waals surface area contributed by atoms with E-state index in [0.717, 1.165) is 5.92 Å². The maximum absolute atomic E-state index is 3.69. The lowest BCUT2D eigenvalue weighted by Crippen LogP contribution is -2.15. The molecule has 0 amide bonds. The summed E-state index contributed by atoms with van der Waals surface area (Å²) < 4.78 is 2.15. The number of benzene rings is 1. The van der Waals surface area contributed by atoms with Gasteiger partial charge in [-0.15, -0.1) is 0 Å². The maximum atomic E-state index is 3.69. The van der Waals surface area contributed by atoms with E-state index in [0.29, 0.717) is 6.04 Å². The third-order valence-corrected chi connectivity index (χ3v) is 4.24. The zero-order valence-electron chi connectivity index (χ0n) is 11.5. The Bertz CT molecular complexity index is 516. The SMILES string of the molecule is CCC1CCC(Nc2cccc(-n3cccc3)c2)C1. The fraction of sp³-hybridized carbons (Fsp3) is 0.412. The second-order valence-electron chi connectivity index (χ2n) is 5.57. The van der Waals surface area contributed by atoms with E-state index in [1.165, 1.54) is 37.1 Å². The third kappa shape index (κ3) is 2.83. The van der Waals surface area contributed by atoms with E-state index in [9.17, 15) is 0 Å². The van der Waals surface area contributed by atoms with E-state index >= 15 is 0 Å². The molecule has 1 aliphatic rings. The van der Waals surface area contributed by atoms with Crippen LogP contribution in [-0.2, 0) is 0 Å². The number of hydrogen-bond acceptors (Lipinski definition) is 1. The molecule has 2 heteroatoms. The fourth-order valence-electron chi connectivity index (χ4n) is 3.08. The molecule has 19 heavy (non-hydrogen) atoms. The predicted molar refractivity (Wildman–Crippen MR) is 80.8 cm³/mol. The van der Waals surface area contributed by atoms with Gasteiger partial charge in [0.05, 0.1) is 0 Å². The molecule has 1 N–H and O–H groups in total. The first kappa shape index (κ1) is 12.3. The van der Waals surface area contributed by atoms with Crippen molar-refractivity contribution in [2.45, 2.75) is 38.6 Å². The van der Waals surface area contributed by atoms with Gasteiger partial charge in [0, 0.05) is 29.8 Å². The van der Waals surface area contributed by atoms with Crippen LogP contribution in [0.15, 0.2) is 48.8 Å². The molecule has 3 rings (SSSR count). The quantitative estimate of drug-likeness (QED) is 0.852. The van der Waals surface area contributed by atoms with Crippen LogP contribution in [0.4, 0.5) is 5.69 Å². The van der Waals surface area contributed by atoms with Gasteiger partial charge in [0.25, 0.3) is 0 Å². The highest BCUT2D eigenvalue weighted by atomic mass is 15.0. The van der Waals surface area contributed by atoms with Crippen molar-refractivity contribution in [2.24, 2.45) is 5.92 Å². The molecule has 0 spiro atoms. The molecule has 2 aromatic rings. The molecular formula is C17H22N2. The molecule has 2 nitrogen and oxygen atoms in total. The minimum atomic E-state index is 0.657. The van der Waals surface area contributed by atoms with Gasteiger partial charge < -0.3 is 9.88 Å². The lowest BCUT2D eigenvalue weighted by molar-refractivity contribution is 0.525. The highest BCUT2D eigenvalue weighted by molar-refractivity contribution is 5.52. The second kappa shape index (κ2) is 5.52. The zero-order valence-corrected chi connectivity index (χ0v) is 11.5. The standard InChI is InChI=1S/C17H22N2/c1-2-14-8-9-16(12-14)18-15-6-5-7-17(13-15)19-10-3-4-11-19/h3-7,10-11,13-14,16,18H,2,8-9,12H2,1H3. The van der Waals surface area contributed by atoms with E-state index in [1.54, 1.807) is 0 Å². The van der Waals surface area contributed by atoms with Gasteiger partial charge in [-0.1, -0.05) is 19.4 Å². The monoisotopic (exact) mass is 254 g/mol. The summed E-state index contributed by atoms with van der Waals surface area (Å²) in [5, 5.41) is 3.69. The highest BCUT2D eigenvalue weighted by Crippen LogP contribution is 2.30. The van der Waals surface area contributed by atoms with Gasteiger partial charge in [-0.2, -0.15) is 0 Å². The Balaban J connectivity index is 1.70. The van der Waals surface area contributed by atoms with E-state index in [-0.39, 0.29) is 0 Å². The molecule has 0 bridgehead atoms. The summed E-state index contributed by atoms with van der Waals surface area (Å²) in [7, 11) is 0. The van der Waals surface area contributed by atoms with E-state index < -0.39 is 0 Å². The molecule has 0 aliphatic heterocycles. The van der Waals surface area contributed by atoms with Crippen molar-refractivity contribution in [3.8, 4) is 5.69 Å². The summed E-state index contributed by atoms with van der Waals surface area (Å²) in [5.41, 5.74) is 2.47. The van der Waals surface area contributed by atoms with Crippen molar-refractivity contribution in [2.75, 3.05) is 5.32 Å². The molecule has 1 fully saturated rings. The smallest absolute Gasteiger partial charge is 0.0469 e. The van der Waals surface area contributed by atoms with Crippen molar-refractivity contribution in [1.82, 2.24) is 4.57 Å². The van der Waals surface area contributed by atoms with Crippen LogP contribution in [0.1, 0.15) is 32.6 Å². The average Bonchev–Trinajstić information content (AvgIpc) is 3.10. The average molecular weight is 254 g/mol. The molecule has 100 valence electrons. The lowest BCUT2D eigenvalue weighted by Gasteiger charge is -2.15. The van der Waals surface area contributed by atoms with E-state index in [1.807, 2.05) is 0 Å². The van der Waals surface area contributed by atoms with Gasteiger partial charge in [-0.05, 0) is 55.5 Å². The van der Waals surface area contributed by atoms with Gasteiger partial charge in [-0.25, -0.2) is 0 Å². The van der Waals surface area contributed by atoms with Crippen molar-refractivity contribution in [3.63, 3.8) is 0 Å². The highest BCUT2D eigenvalue weighted by Gasteiger charge is 2.22. The lowest BCUT2D eigenvalue weighted by atomic mass is 10.1. The number of nitrogens with zero attached hydrogens (tertiary/aromatic N) is 1. The Labute approximate surface area is 115 Å². The summed E-state index contributed by atoms with van der Waals surface area (Å²) >= 11 is 0. The van der Waals surface area contributed by atoms with Crippen molar-refractivity contribution in [1.29, 1.82) is 0 Å². The summed E-state index contributed by atoms with van der Waals surface area (Å²) in [5.74, 6) is 0.921. The number of aromatic nitrogens is 1. The molecular weight excluding hydrogens is 232 g/mol. The van der Waals surface area contributed by atoms with Gasteiger partial charge in [0.2, 0.25) is 0 Å². The summed E-state index contributed by atoms with van der Waals surface area (Å²) in [6.07, 6.45) is 9.51. The van der Waals surface area contributed by atoms with Crippen molar-refractivity contribution >= 4 is 5.69 Å². The van der Waals surface area contributed by atoms with Crippen LogP contribution in [0.25, 0.3) is 5.69 Å². The van der Waals surface area contributed by atoms with E-state index in [2.05, 4.69) is 65.6 Å². The van der Waals surface area contributed by atoms with Gasteiger partial charge in [0.1, 0.15) is 0 Å². The third-order valence-electron chi connectivity index (χ3n) is 4.24. The summed E-state index contributed by atoms with van der Waals surface area (Å²) in [6.45, 7) is 2.31. The van der Waals surface area contributed by atoms with Crippen LogP contribution in [0.3, 0.4) is 0 Å². The Morgan fingerprint density at radius 1 is 1.16 bits per heavy atom. The van der Waals surface area contributed by atoms with E-state index in [4.69, 9.17) is 0 Å². The van der Waals surface area contributed by atoms with Crippen LogP contribution in [0.5, 0.6) is 0 Å². The molecule has 1 aromatic carbocycles. The maximum Gasteiger partial charge on any atom is 0.0469 e. The minimum Gasteiger partial charge on any atom is -0.382 e. The number of nitrogens with one attached hydrogen (secondary N) is 1. The Kier molecular flexibility index (Phi) is 3.58. The summed E-state index contributed by atoms with van der Waals surface area (Å²) in [6, 6.07) is 13.5. The number of hydrogen-bond donors (Lipinski definition) is 1. The topological polar surface area (TPSA) is 17.0 Å². The summed E-state index contributed by atoms with van der Waals surface area (Å²) in [4.78, 5) is 0. The van der Waals surface area contributed by atoms with Crippen molar-refractivity contribution in [3.05, 3.63) is 48.8 Å². The van der Waals surface area contributed by atoms with Gasteiger partial charge >= 0.3 is 0 Å². The Morgan fingerprint density at radius 3 is 2.74 bits per heavy atom. The fourth-order valence-corrected chi connectivity index (χ4v) is 3.08. The van der Waals surface area contributed by atoms with Gasteiger partial charge in [0.15, 0.2) is 0 Å². The largest absolute Gasteiger partial charge is 0.382 e. The van der Waals surface area contributed by atoms with Crippen LogP contribution >= 0.6 is 0 Å². The Hall–Kier alpha value is -1.70. The van der Waals surface area contributed by atoms with Crippen LogP contribution in [0, 0.1) is 5.92 Å². The molecule has 0 saturated heterocycles. The Morgan fingerprint density at radius 2 is 2.00 bits per heavy atom. The minimum absolute atomic E-state index is 0.657. The molecule has 1 saturated carbocycles. The van der Waals surface area contributed by atoms with Crippen LogP contribution in [-0.4, -0.2) is 10.6 Å².